The van der Waals surface area contributed by atoms with Gasteiger partial charge in [0.1, 0.15) is 6.04 Å². The number of aromatic nitrogens is 3. The van der Waals surface area contributed by atoms with E-state index in [9.17, 15) is 33.6 Å². The Labute approximate surface area is 377 Å². The lowest BCUT2D eigenvalue weighted by atomic mass is 9.91. The zero-order valence-corrected chi connectivity index (χ0v) is 36.5. The highest BCUT2D eigenvalue weighted by molar-refractivity contribution is 6.25. The molecule has 3 aromatic rings. The molecule has 3 fully saturated rings. The maximum atomic E-state index is 13.3. The highest BCUT2D eigenvalue weighted by atomic mass is 16.5. The van der Waals surface area contributed by atoms with Gasteiger partial charge in [-0.15, -0.1) is 10.2 Å². The van der Waals surface area contributed by atoms with Crippen molar-refractivity contribution in [3.05, 3.63) is 83.3 Å². The van der Waals surface area contributed by atoms with Crippen molar-refractivity contribution in [1.29, 1.82) is 0 Å². The number of pyridine rings is 1. The van der Waals surface area contributed by atoms with Crippen LogP contribution in [0, 0.1) is 5.92 Å². The number of ether oxygens (including phenoxy) is 2. The lowest BCUT2D eigenvalue weighted by Crippen LogP contribution is -2.54. The van der Waals surface area contributed by atoms with E-state index in [1.54, 1.807) is 42.7 Å². The number of piperidine rings is 2. The summed E-state index contributed by atoms with van der Waals surface area (Å²) in [5.41, 5.74) is 2.04. The minimum Gasteiger partial charge on any atom is -0.382 e. The first kappa shape index (κ1) is 46.4. The van der Waals surface area contributed by atoms with Crippen molar-refractivity contribution in [3.8, 4) is 0 Å². The summed E-state index contributed by atoms with van der Waals surface area (Å²) >= 11 is 0. The Morgan fingerprint density at radius 1 is 0.800 bits per heavy atom. The number of amides is 7. The van der Waals surface area contributed by atoms with Gasteiger partial charge in [0.15, 0.2) is 11.5 Å². The Hall–Kier alpha value is -6.60. The van der Waals surface area contributed by atoms with Crippen LogP contribution in [0.25, 0.3) is 6.08 Å². The molecule has 65 heavy (non-hydrogen) atoms. The summed E-state index contributed by atoms with van der Waals surface area (Å²) in [5, 5.41) is 16.9. The van der Waals surface area contributed by atoms with Crippen molar-refractivity contribution < 1.29 is 43.0 Å². The number of hydrogen-bond acceptors (Lipinski definition) is 14. The van der Waals surface area contributed by atoms with Crippen molar-refractivity contribution >= 4 is 58.9 Å². The Morgan fingerprint density at radius 2 is 1.60 bits per heavy atom. The van der Waals surface area contributed by atoms with Crippen molar-refractivity contribution in [3.63, 3.8) is 0 Å². The summed E-state index contributed by atoms with van der Waals surface area (Å²) < 4.78 is 11.3. The second kappa shape index (κ2) is 22.8. The number of rotatable bonds is 20. The van der Waals surface area contributed by atoms with E-state index in [4.69, 9.17) is 9.47 Å². The highest BCUT2D eigenvalue weighted by Gasteiger charge is 2.45. The molecule has 0 spiro atoms. The average Bonchev–Trinajstić information content (AvgIpc) is 3.59. The fraction of sp³-hybridized carbons (Fsp3) is 0.478. The molecule has 2 aromatic heterocycles. The van der Waals surface area contributed by atoms with Crippen molar-refractivity contribution in [2.75, 3.05) is 89.0 Å². The number of imide groups is 2. The fourth-order valence-corrected chi connectivity index (χ4v) is 8.41. The van der Waals surface area contributed by atoms with E-state index in [1.807, 2.05) is 28.0 Å². The lowest BCUT2D eigenvalue weighted by molar-refractivity contribution is -0.136. The summed E-state index contributed by atoms with van der Waals surface area (Å²) in [7, 11) is 0. The summed E-state index contributed by atoms with van der Waals surface area (Å²) in [5.74, 6) is -1.25. The van der Waals surface area contributed by atoms with Gasteiger partial charge in [-0.2, -0.15) is 0 Å². The summed E-state index contributed by atoms with van der Waals surface area (Å²) in [6, 6.07) is 11.1. The smallest absolute Gasteiger partial charge is 0.274 e. The number of nitrogens with one attached hydrogen (secondary N) is 3. The SMILES string of the molecule is O=C(/C=C/c1cccnc1)NCCCCC1CCN(C(=O)c2ccc(N3CCN(C(=O)CCOCCOCCNc4cccc5c4C(=O)N(C4CCC(=O)NC4=O)C5=O)CC3)nn2)CC1. The molecule has 1 unspecified atom stereocenters. The molecule has 0 bridgehead atoms. The second-order valence-corrected chi connectivity index (χ2v) is 16.4. The van der Waals surface area contributed by atoms with Crippen molar-refractivity contribution in [2.24, 2.45) is 5.92 Å². The van der Waals surface area contributed by atoms with Crippen LogP contribution in [-0.4, -0.2) is 156 Å². The molecule has 7 rings (SSSR count). The fourth-order valence-electron chi connectivity index (χ4n) is 8.41. The van der Waals surface area contributed by atoms with Gasteiger partial charge in [-0.25, -0.2) is 0 Å². The first-order chi connectivity index (χ1) is 31.7. The first-order valence-corrected chi connectivity index (χ1v) is 22.4. The van der Waals surface area contributed by atoms with Gasteiger partial charge in [-0.3, -0.25) is 48.8 Å². The largest absolute Gasteiger partial charge is 0.382 e. The third-order valence-electron chi connectivity index (χ3n) is 12.0. The topological polar surface area (TPSA) is 226 Å². The second-order valence-electron chi connectivity index (χ2n) is 16.4. The average molecular weight is 893 g/mol. The molecule has 4 aliphatic rings. The van der Waals surface area contributed by atoms with Crippen LogP contribution in [0.5, 0.6) is 0 Å². The summed E-state index contributed by atoms with van der Waals surface area (Å²) in [6.07, 6.45) is 11.9. The Bertz CT molecular complexity index is 2210. The maximum absolute atomic E-state index is 13.3. The van der Waals surface area contributed by atoms with Gasteiger partial charge in [0.25, 0.3) is 17.7 Å². The minimum atomic E-state index is -1.03. The van der Waals surface area contributed by atoms with E-state index < -0.39 is 29.7 Å². The van der Waals surface area contributed by atoms with Crippen LogP contribution in [0.2, 0.25) is 0 Å². The molecule has 6 heterocycles. The monoisotopic (exact) mass is 892 g/mol. The minimum absolute atomic E-state index is 0.000237. The highest BCUT2D eigenvalue weighted by Crippen LogP contribution is 2.32. The Kier molecular flexibility index (Phi) is 16.3. The Morgan fingerprint density at radius 3 is 2.34 bits per heavy atom. The van der Waals surface area contributed by atoms with Gasteiger partial charge in [-0.05, 0) is 73.6 Å². The summed E-state index contributed by atoms with van der Waals surface area (Å²) in [4.78, 5) is 99.1. The number of fused-ring (bicyclic) bond motifs is 1. The Balaban J connectivity index is 0.711. The van der Waals surface area contributed by atoms with Gasteiger partial charge >= 0.3 is 0 Å². The quantitative estimate of drug-likeness (QED) is 0.0842. The number of piperazine rings is 1. The van der Waals surface area contributed by atoms with Gasteiger partial charge in [0.2, 0.25) is 23.6 Å². The number of likely N-dealkylation sites (tertiary alicyclic amines) is 1. The molecular formula is C46H56N10O9. The van der Waals surface area contributed by atoms with Crippen LogP contribution in [0.1, 0.15) is 88.1 Å². The predicted molar refractivity (Wildman–Crippen MR) is 237 cm³/mol. The molecule has 3 saturated heterocycles. The van der Waals surface area contributed by atoms with E-state index in [2.05, 4.69) is 36.0 Å². The lowest BCUT2D eigenvalue weighted by Gasteiger charge is -2.35. The zero-order chi connectivity index (χ0) is 45.5. The maximum Gasteiger partial charge on any atom is 0.274 e. The van der Waals surface area contributed by atoms with E-state index >= 15 is 0 Å². The summed E-state index contributed by atoms with van der Waals surface area (Å²) in [6.45, 7) is 5.71. The molecule has 0 radical (unpaired) electrons. The number of benzene rings is 1. The van der Waals surface area contributed by atoms with E-state index in [0.717, 1.165) is 42.6 Å². The van der Waals surface area contributed by atoms with Gasteiger partial charge in [0, 0.05) is 82.9 Å². The number of anilines is 2. The normalized spacial score (nSPS) is 18.0. The molecule has 0 aliphatic carbocycles. The molecule has 344 valence electrons. The van der Waals surface area contributed by atoms with Crippen molar-refractivity contribution in [1.82, 2.24) is 40.5 Å². The number of carbonyl (C=O) groups excluding carboxylic acids is 7. The number of nitrogens with zero attached hydrogens (tertiary/aromatic N) is 7. The molecule has 1 atom stereocenters. The standard InChI is InChI=1S/C46H56N10O9/c57-39(13-9-33-6-4-18-47-31-33)49-19-2-1-5-32-15-21-55(22-16-32)45(62)36-10-12-38(52-51-36)53-23-25-54(26-24-53)41(59)17-27-64-29-30-65-28-20-48-35-8-3-7-34-42(35)46(63)56(44(34)61)37-11-14-40(58)50-43(37)60/h3-4,6-10,12-13,18,31-32,37,48H,1-2,5,11,14-17,19-30H2,(H,49,57)(H,50,58,60)/b13-9+. The molecule has 7 amide bonds. The van der Waals surface area contributed by atoms with Crippen LogP contribution in [0.3, 0.4) is 0 Å². The molecule has 3 N–H and O–H groups in total. The van der Waals surface area contributed by atoms with Crippen LogP contribution in [0.4, 0.5) is 11.5 Å². The number of unbranched alkanes of at least 4 members (excludes halogenated alkanes) is 1. The van der Waals surface area contributed by atoms with Gasteiger partial charge in [-0.1, -0.05) is 25.0 Å². The van der Waals surface area contributed by atoms with Crippen LogP contribution in [-0.2, 0) is 28.7 Å². The third kappa shape index (κ3) is 12.4. The molecular weight excluding hydrogens is 837 g/mol. The van der Waals surface area contributed by atoms with E-state index in [1.165, 1.54) is 6.08 Å². The van der Waals surface area contributed by atoms with Crippen LogP contribution < -0.4 is 20.9 Å². The molecule has 4 aliphatic heterocycles. The van der Waals surface area contributed by atoms with Crippen LogP contribution >= 0.6 is 0 Å². The molecule has 19 nitrogen and oxygen atoms in total. The zero-order valence-electron chi connectivity index (χ0n) is 36.5. The predicted octanol–water partition coefficient (Wildman–Crippen LogP) is 2.31. The number of carbonyl (C=O) groups is 7. The van der Waals surface area contributed by atoms with Gasteiger partial charge < -0.3 is 34.8 Å². The van der Waals surface area contributed by atoms with Crippen LogP contribution in [0.15, 0.2) is 60.9 Å². The van der Waals surface area contributed by atoms with Crippen molar-refractivity contribution in [2.45, 2.75) is 57.4 Å². The molecule has 0 saturated carbocycles. The van der Waals surface area contributed by atoms with Gasteiger partial charge in [0.05, 0.1) is 44.0 Å². The molecule has 19 heteroatoms. The third-order valence-corrected chi connectivity index (χ3v) is 12.0. The number of hydrogen-bond donors (Lipinski definition) is 3. The molecule has 1 aromatic carbocycles. The van der Waals surface area contributed by atoms with E-state index in [-0.39, 0.29) is 61.3 Å². The first-order valence-electron chi connectivity index (χ1n) is 22.4. The van der Waals surface area contributed by atoms with E-state index in [0.29, 0.717) is 88.7 Å².